The molecule has 2 heteroatoms. The van der Waals surface area contributed by atoms with E-state index in [4.69, 9.17) is 10.5 Å². The summed E-state index contributed by atoms with van der Waals surface area (Å²) in [6.45, 7) is 1.71. The fraction of sp³-hybridized carbons (Fsp3) is 1.00. The molecular formula is C15H25NO. The molecule has 0 amide bonds. The zero-order valence-corrected chi connectivity index (χ0v) is 10.7. The van der Waals surface area contributed by atoms with Gasteiger partial charge in [0.2, 0.25) is 0 Å². The molecule has 0 aromatic heterocycles. The Labute approximate surface area is 104 Å². The number of hydrogen-bond donors (Lipinski definition) is 1. The van der Waals surface area contributed by atoms with Crippen molar-refractivity contribution in [3.05, 3.63) is 0 Å². The minimum atomic E-state index is 0.0278. The molecule has 1 unspecified atom stereocenters. The van der Waals surface area contributed by atoms with Gasteiger partial charge in [-0.1, -0.05) is 0 Å². The third-order valence-electron chi connectivity index (χ3n) is 6.20. The van der Waals surface area contributed by atoms with Gasteiger partial charge in [-0.25, -0.2) is 0 Å². The molecule has 0 aromatic carbocycles. The van der Waals surface area contributed by atoms with E-state index in [0.717, 1.165) is 49.2 Å². The highest BCUT2D eigenvalue weighted by Crippen LogP contribution is 2.58. The molecule has 5 aliphatic rings. The lowest BCUT2D eigenvalue weighted by Gasteiger charge is -2.55. The van der Waals surface area contributed by atoms with E-state index in [1.54, 1.807) is 6.42 Å². The number of ether oxygens (including phenoxy) is 1. The second-order valence-electron chi connectivity index (χ2n) is 7.46. The Hall–Kier alpha value is -0.0800. The SMILES string of the molecule is NC1(CC2C3CC4CC(C3)CC2C4)CCOC1. The first-order valence-electron chi connectivity index (χ1n) is 7.58. The van der Waals surface area contributed by atoms with Crippen LogP contribution in [0.5, 0.6) is 0 Å². The summed E-state index contributed by atoms with van der Waals surface area (Å²) in [5.41, 5.74) is 6.54. The summed E-state index contributed by atoms with van der Waals surface area (Å²) in [6.07, 6.45) is 9.99. The van der Waals surface area contributed by atoms with E-state index in [1.807, 2.05) is 0 Å². The molecule has 1 saturated heterocycles. The zero-order chi connectivity index (χ0) is 11.5. The van der Waals surface area contributed by atoms with E-state index < -0.39 is 0 Å². The Morgan fingerprint density at radius 1 is 1.00 bits per heavy atom. The van der Waals surface area contributed by atoms with Crippen molar-refractivity contribution in [3.8, 4) is 0 Å². The van der Waals surface area contributed by atoms with Crippen molar-refractivity contribution in [1.82, 2.24) is 0 Å². The number of nitrogens with two attached hydrogens (primary N) is 1. The van der Waals surface area contributed by atoms with Crippen LogP contribution in [0.25, 0.3) is 0 Å². The van der Waals surface area contributed by atoms with Gasteiger partial charge in [-0.2, -0.15) is 0 Å². The Morgan fingerprint density at radius 2 is 1.65 bits per heavy atom. The van der Waals surface area contributed by atoms with Gasteiger partial charge >= 0.3 is 0 Å². The average molecular weight is 235 g/mol. The first-order valence-corrected chi connectivity index (χ1v) is 7.58. The molecule has 4 aliphatic carbocycles. The van der Waals surface area contributed by atoms with Gasteiger partial charge in [-0.05, 0) is 74.5 Å². The first kappa shape index (κ1) is 10.8. The Bertz CT molecular complexity index is 280. The van der Waals surface area contributed by atoms with Crippen molar-refractivity contribution < 1.29 is 4.74 Å². The standard InChI is InChI=1S/C15H25NO/c16-15(1-2-17-9-15)8-14-12-4-10-3-11(6-12)7-13(14)5-10/h10-14H,1-9,16H2. The number of rotatable bonds is 2. The zero-order valence-electron chi connectivity index (χ0n) is 10.7. The maximum absolute atomic E-state index is 6.51. The Morgan fingerprint density at radius 3 is 2.18 bits per heavy atom. The third kappa shape index (κ3) is 1.76. The summed E-state index contributed by atoms with van der Waals surface area (Å²) in [7, 11) is 0. The van der Waals surface area contributed by atoms with Crippen LogP contribution in [-0.4, -0.2) is 18.8 Å². The minimum absolute atomic E-state index is 0.0278. The van der Waals surface area contributed by atoms with E-state index in [1.165, 1.54) is 32.1 Å². The van der Waals surface area contributed by atoms with Crippen LogP contribution in [0, 0.1) is 29.6 Å². The molecule has 0 spiro atoms. The van der Waals surface area contributed by atoms with Crippen LogP contribution in [0.4, 0.5) is 0 Å². The maximum atomic E-state index is 6.51. The fourth-order valence-electron chi connectivity index (χ4n) is 5.62. The summed E-state index contributed by atoms with van der Waals surface area (Å²) < 4.78 is 5.53. The highest BCUT2D eigenvalue weighted by atomic mass is 16.5. The normalized spacial score (nSPS) is 56.6. The molecule has 4 bridgehead atoms. The van der Waals surface area contributed by atoms with E-state index in [-0.39, 0.29) is 5.54 Å². The van der Waals surface area contributed by atoms with Crippen LogP contribution in [0.2, 0.25) is 0 Å². The topological polar surface area (TPSA) is 35.2 Å². The number of hydrogen-bond acceptors (Lipinski definition) is 2. The minimum Gasteiger partial charge on any atom is -0.379 e. The van der Waals surface area contributed by atoms with Gasteiger partial charge in [-0.15, -0.1) is 0 Å². The van der Waals surface area contributed by atoms with Crippen molar-refractivity contribution in [2.45, 2.75) is 50.5 Å². The summed E-state index contributed by atoms with van der Waals surface area (Å²) in [4.78, 5) is 0. The predicted molar refractivity (Wildman–Crippen MR) is 67.5 cm³/mol. The summed E-state index contributed by atoms with van der Waals surface area (Å²) in [5.74, 6) is 5.15. The van der Waals surface area contributed by atoms with Crippen LogP contribution in [-0.2, 0) is 4.74 Å². The lowest BCUT2D eigenvalue weighted by Crippen LogP contribution is -2.50. The summed E-state index contributed by atoms with van der Waals surface area (Å²) in [5, 5.41) is 0. The quantitative estimate of drug-likeness (QED) is 0.798. The largest absolute Gasteiger partial charge is 0.379 e. The van der Waals surface area contributed by atoms with Gasteiger partial charge in [0.1, 0.15) is 0 Å². The Kier molecular flexibility index (Phi) is 2.36. The fourth-order valence-corrected chi connectivity index (χ4v) is 5.62. The highest BCUT2D eigenvalue weighted by molar-refractivity contribution is 5.02. The van der Waals surface area contributed by atoms with Gasteiger partial charge < -0.3 is 10.5 Å². The van der Waals surface area contributed by atoms with Crippen molar-refractivity contribution in [1.29, 1.82) is 0 Å². The molecule has 0 radical (unpaired) electrons. The molecule has 2 nitrogen and oxygen atoms in total. The molecule has 0 aromatic rings. The molecule has 1 atom stereocenters. The van der Waals surface area contributed by atoms with Crippen molar-refractivity contribution in [3.63, 3.8) is 0 Å². The molecule has 5 rings (SSSR count). The second kappa shape index (κ2) is 3.71. The molecule has 2 N–H and O–H groups in total. The summed E-state index contributed by atoms with van der Waals surface area (Å²) >= 11 is 0. The Balaban J connectivity index is 1.51. The lowest BCUT2D eigenvalue weighted by molar-refractivity contribution is -0.0482. The lowest BCUT2D eigenvalue weighted by atomic mass is 9.50. The average Bonchev–Trinajstić information content (AvgIpc) is 2.70. The van der Waals surface area contributed by atoms with Gasteiger partial charge in [0.25, 0.3) is 0 Å². The third-order valence-corrected chi connectivity index (χ3v) is 6.20. The van der Waals surface area contributed by atoms with Gasteiger partial charge in [0.15, 0.2) is 0 Å². The van der Waals surface area contributed by atoms with E-state index in [2.05, 4.69) is 0 Å². The molecule has 1 aliphatic heterocycles. The van der Waals surface area contributed by atoms with Crippen molar-refractivity contribution >= 4 is 0 Å². The van der Waals surface area contributed by atoms with Gasteiger partial charge in [0.05, 0.1) is 6.61 Å². The summed E-state index contributed by atoms with van der Waals surface area (Å²) in [6, 6.07) is 0. The second-order valence-corrected chi connectivity index (χ2v) is 7.46. The first-order chi connectivity index (χ1) is 8.22. The van der Waals surface area contributed by atoms with Crippen LogP contribution in [0.3, 0.4) is 0 Å². The highest BCUT2D eigenvalue weighted by Gasteiger charge is 2.50. The van der Waals surface area contributed by atoms with E-state index in [9.17, 15) is 0 Å². The maximum Gasteiger partial charge on any atom is 0.0647 e. The van der Waals surface area contributed by atoms with Crippen LogP contribution in [0.15, 0.2) is 0 Å². The predicted octanol–water partition coefficient (Wildman–Crippen LogP) is 2.57. The van der Waals surface area contributed by atoms with Crippen LogP contribution in [0.1, 0.15) is 44.9 Å². The van der Waals surface area contributed by atoms with Gasteiger partial charge in [0, 0.05) is 12.1 Å². The van der Waals surface area contributed by atoms with Crippen LogP contribution < -0.4 is 5.73 Å². The molecule has 17 heavy (non-hydrogen) atoms. The monoisotopic (exact) mass is 235 g/mol. The van der Waals surface area contributed by atoms with E-state index >= 15 is 0 Å². The molecule has 4 saturated carbocycles. The van der Waals surface area contributed by atoms with Crippen molar-refractivity contribution in [2.75, 3.05) is 13.2 Å². The smallest absolute Gasteiger partial charge is 0.0647 e. The van der Waals surface area contributed by atoms with E-state index in [0.29, 0.717) is 0 Å². The molecule has 1 heterocycles. The van der Waals surface area contributed by atoms with Gasteiger partial charge in [-0.3, -0.25) is 0 Å². The van der Waals surface area contributed by atoms with Crippen LogP contribution >= 0.6 is 0 Å². The molecule has 96 valence electrons. The molecular weight excluding hydrogens is 210 g/mol. The van der Waals surface area contributed by atoms with Crippen molar-refractivity contribution in [2.24, 2.45) is 35.3 Å². The molecule has 5 fully saturated rings.